The molecule has 0 bridgehead atoms. The number of nitrogens with one attached hydrogen (secondary N) is 2. The number of fused-ring (bicyclic) bond motifs is 1. The number of Topliss-reactive ketones (excluding diaryl/α,β-unsaturated/α-hetero) is 1. The summed E-state index contributed by atoms with van der Waals surface area (Å²) in [5, 5.41) is 5.26. The van der Waals surface area contributed by atoms with Crippen LogP contribution in [0, 0.1) is 0 Å². The van der Waals surface area contributed by atoms with Crippen molar-refractivity contribution < 1.29 is 27.5 Å². The number of anilines is 2. The van der Waals surface area contributed by atoms with Gasteiger partial charge in [-0.3, -0.25) is 19.1 Å². The molecule has 3 aromatic rings. The summed E-state index contributed by atoms with van der Waals surface area (Å²) < 4.78 is 45.0. The summed E-state index contributed by atoms with van der Waals surface area (Å²) in [5.41, 5.74) is -0.112. The number of hydrogen-bond donors (Lipinski definition) is 2. The van der Waals surface area contributed by atoms with Crippen LogP contribution in [0.4, 0.5) is 29.3 Å². The third-order valence-corrected chi connectivity index (χ3v) is 6.41. The fourth-order valence-electron chi connectivity index (χ4n) is 4.28. The summed E-state index contributed by atoms with van der Waals surface area (Å²) in [6.45, 7) is 4.72. The molecule has 1 aromatic heterocycles. The van der Waals surface area contributed by atoms with E-state index in [4.69, 9.17) is 9.72 Å². The third-order valence-electron chi connectivity index (χ3n) is 6.41. The lowest BCUT2D eigenvalue weighted by molar-refractivity contribution is -0.0885. The number of rotatable bonds is 8. The number of hydrogen-bond acceptors (Lipinski definition) is 7. The van der Waals surface area contributed by atoms with Crippen molar-refractivity contribution in [2.24, 2.45) is 0 Å². The van der Waals surface area contributed by atoms with Crippen LogP contribution >= 0.6 is 0 Å². The number of methoxy groups -OCH3 is 1. The second kappa shape index (κ2) is 11.9. The van der Waals surface area contributed by atoms with E-state index >= 15 is 0 Å². The average molecular weight is 547 g/mol. The first kappa shape index (κ1) is 28.2. The normalized spacial score (nSPS) is 14.9. The van der Waals surface area contributed by atoms with Gasteiger partial charge in [0.2, 0.25) is 0 Å². The maximum atomic E-state index is 13.4. The third kappa shape index (κ3) is 6.99. The van der Waals surface area contributed by atoms with Crippen molar-refractivity contribution in [3.8, 4) is 0 Å². The van der Waals surface area contributed by atoms with Gasteiger partial charge in [0, 0.05) is 50.2 Å². The monoisotopic (exact) mass is 546 g/mol. The molecule has 10 nitrogen and oxygen atoms in total. The molecule has 1 aliphatic rings. The summed E-state index contributed by atoms with van der Waals surface area (Å²) in [4.78, 5) is 46.7. The Morgan fingerprint density at radius 2 is 1.72 bits per heavy atom. The summed E-state index contributed by atoms with van der Waals surface area (Å²) >= 11 is 0. The van der Waals surface area contributed by atoms with Gasteiger partial charge in [0.25, 0.3) is 11.3 Å². The van der Waals surface area contributed by atoms with E-state index in [1.165, 1.54) is 18.2 Å². The molecule has 1 saturated heterocycles. The fraction of sp³-hybridized carbons (Fsp3) is 0.385. The number of urea groups is 1. The number of likely N-dealkylation sites (N-methyl/N-ethyl adjacent to an activating group) is 1. The van der Waals surface area contributed by atoms with Crippen molar-refractivity contribution in [1.29, 1.82) is 0 Å². The van der Waals surface area contributed by atoms with E-state index in [-0.39, 0.29) is 16.9 Å². The number of ketones is 1. The number of benzene rings is 2. The van der Waals surface area contributed by atoms with E-state index in [2.05, 4.69) is 27.5 Å². The van der Waals surface area contributed by atoms with Crippen LogP contribution in [-0.2, 0) is 17.8 Å². The molecule has 13 heteroatoms. The quantitative estimate of drug-likeness (QED) is 0.418. The Labute approximate surface area is 222 Å². The van der Waals surface area contributed by atoms with Gasteiger partial charge < -0.3 is 20.3 Å². The molecule has 39 heavy (non-hydrogen) atoms. The molecule has 0 unspecified atom stereocenters. The molecule has 2 heterocycles. The van der Waals surface area contributed by atoms with Crippen LogP contribution in [0.15, 0.2) is 47.3 Å². The molecule has 1 fully saturated rings. The van der Waals surface area contributed by atoms with Gasteiger partial charge in [-0.15, -0.1) is 0 Å². The molecule has 0 atom stereocenters. The highest BCUT2D eigenvalue weighted by atomic mass is 19.4. The number of ether oxygens (including phenoxy) is 1. The first-order valence-electron chi connectivity index (χ1n) is 12.3. The van der Waals surface area contributed by atoms with E-state index in [0.717, 1.165) is 38.3 Å². The zero-order valence-electron chi connectivity index (χ0n) is 21.5. The van der Waals surface area contributed by atoms with Crippen LogP contribution in [-0.4, -0.2) is 84.3 Å². The molecular formula is C26H29F3N6O4. The number of alkyl halides is 3. The van der Waals surface area contributed by atoms with Gasteiger partial charge in [-0.2, -0.15) is 13.2 Å². The minimum Gasteiger partial charge on any atom is -0.383 e. The molecule has 0 aliphatic carbocycles. The Balaban J connectivity index is 1.54. The molecule has 0 saturated carbocycles. The first-order chi connectivity index (χ1) is 18.5. The van der Waals surface area contributed by atoms with Crippen LogP contribution < -0.4 is 16.2 Å². The topological polar surface area (TPSA) is 109 Å². The Hall–Kier alpha value is -3.81. The van der Waals surface area contributed by atoms with Crippen molar-refractivity contribution in [3.63, 3.8) is 0 Å². The number of carbonyl (C=O) groups excluding carboxylic acids is 2. The van der Waals surface area contributed by atoms with Gasteiger partial charge in [0.05, 0.1) is 30.6 Å². The van der Waals surface area contributed by atoms with Crippen molar-refractivity contribution >= 4 is 34.1 Å². The second-order valence-electron chi connectivity index (χ2n) is 9.28. The van der Waals surface area contributed by atoms with E-state index in [1.807, 2.05) is 0 Å². The molecule has 1 aliphatic heterocycles. The lowest BCUT2D eigenvalue weighted by Crippen LogP contribution is -2.45. The highest BCUT2D eigenvalue weighted by Gasteiger charge is 2.39. The Morgan fingerprint density at radius 1 is 1.03 bits per heavy atom. The largest absolute Gasteiger partial charge is 0.454 e. The first-order valence-corrected chi connectivity index (χ1v) is 12.3. The second-order valence-corrected chi connectivity index (χ2v) is 9.28. The predicted octanol–water partition coefficient (Wildman–Crippen LogP) is 3.18. The predicted molar refractivity (Wildman–Crippen MR) is 140 cm³/mol. The standard InChI is InChI=1S/C26H29F3N6O4/c1-33-8-10-34(11-9-33)16-22-32-21-7-6-19(15-20(21)24(37)35(22)12-13-39-2)31-25(38)30-18-5-3-4-17(14-18)23(36)26(27,28)29/h3-7,14-15H,8-13,16H2,1-2H3,(H2,30,31,38). The molecule has 0 radical (unpaired) electrons. The number of amides is 2. The molecule has 2 aromatic carbocycles. The maximum absolute atomic E-state index is 13.4. The van der Waals surface area contributed by atoms with Crippen LogP contribution in [0.2, 0.25) is 0 Å². The summed E-state index contributed by atoms with van der Waals surface area (Å²) in [6, 6.07) is 8.49. The number of aromatic nitrogens is 2. The summed E-state index contributed by atoms with van der Waals surface area (Å²) in [5.74, 6) is -1.38. The molecular weight excluding hydrogens is 517 g/mol. The van der Waals surface area contributed by atoms with Crippen molar-refractivity contribution in [2.75, 3.05) is 57.6 Å². The van der Waals surface area contributed by atoms with Gasteiger partial charge >= 0.3 is 12.2 Å². The molecule has 4 rings (SSSR count). The van der Waals surface area contributed by atoms with Gasteiger partial charge in [0.15, 0.2) is 0 Å². The van der Waals surface area contributed by atoms with E-state index in [1.54, 1.807) is 23.8 Å². The maximum Gasteiger partial charge on any atom is 0.454 e. The van der Waals surface area contributed by atoms with Crippen LogP contribution in [0.1, 0.15) is 16.2 Å². The van der Waals surface area contributed by atoms with Gasteiger partial charge in [-0.25, -0.2) is 9.78 Å². The molecule has 2 N–H and O–H groups in total. The number of piperazine rings is 1. The van der Waals surface area contributed by atoms with Crippen molar-refractivity contribution in [2.45, 2.75) is 19.3 Å². The Bertz CT molecular complexity index is 1420. The molecule has 208 valence electrons. The van der Waals surface area contributed by atoms with Crippen LogP contribution in [0.3, 0.4) is 0 Å². The number of nitrogens with zero attached hydrogens (tertiary/aromatic N) is 4. The van der Waals surface area contributed by atoms with E-state index < -0.39 is 23.6 Å². The summed E-state index contributed by atoms with van der Waals surface area (Å²) in [6.07, 6.45) is -5.03. The highest BCUT2D eigenvalue weighted by molar-refractivity contribution is 6.04. The van der Waals surface area contributed by atoms with E-state index in [9.17, 15) is 27.6 Å². The van der Waals surface area contributed by atoms with Crippen molar-refractivity contribution in [1.82, 2.24) is 19.4 Å². The van der Waals surface area contributed by atoms with Crippen LogP contribution in [0.5, 0.6) is 0 Å². The zero-order valence-corrected chi connectivity index (χ0v) is 21.5. The molecule has 0 spiro atoms. The minimum atomic E-state index is -5.03. The minimum absolute atomic E-state index is 0.000486. The van der Waals surface area contributed by atoms with Gasteiger partial charge in [-0.1, -0.05) is 12.1 Å². The smallest absolute Gasteiger partial charge is 0.383 e. The van der Waals surface area contributed by atoms with E-state index in [0.29, 0.717) is 36.4 Å². The lowest BCUT2D eigenvalue weighted by atomic mass is 10.1. The zero-order chi connectivity index (χ0) is 28.2. The lowest BCUT2D eigenvalue weighted by Gasteiger charge is -2.32. The molecule has 2 amide bonds. The highest BCUT2D eigenvalue weighted by Crippen LogP contribution is 2.23. The Morgan fingerprint density at radius 3 is 2.38 bits per heavy atom. The Kier molecular flexibility index (Phi) is 8.63. The number of halogens is 3. The van der Waals surface area contributed by atoms with Crippen molar-refractivity contribution in [3.05, 3.63) is 64.2 Å². The average Bonchev–Trinajstić information content (AvgIpc) is 2.89. The fourth-order valence-corrected chi connectivity index (χ4v) is 4.28. The van der Waals surface area contributed by atoms with Gasteiger partial charge in [0.1, 0.15) is 5.82 Å². The van der Waals surface area contributed by atoms with Crippen LogP contribution in [0.25, 0.3) is 10.9 Å². The summed E-state index contributed by atoms with van der Waals surface area (Å²) in [7, 11) is 3.62. The van der Waals surface area contributed by atoms with Gasteiger partial charge in [-0.05, 0) is 37.4 Å². The number of carbonyl (C=O) groups is 2. The SMILES string of the molecule is COCCn1c(CN2CCN(C)CC2)nc2ccc(NC(=O)Nc3cccc(C(=O)C(F)(F)F)c3)cc2c1=O.